The standard InChI is InChI=1S/C12H14FNO2/c13-10-3-1-9(2-4-10)7-14-8-11(15)5-6-12(14)16/h1-4,11,15H,5-8H2. The molecular weight excluding hydrogens is 209 g/mol. The van der Waals surface area contributed by atoms with Crippen molar-refractivity contribution in [1.29, 1.82) is 0 Å². The van der Waals surface area contributed by atoms with Crippen molar-refractivity contribution in [2.24, 2.45) is 0 Å². The van der Waals surface area contributed by atoms with Gasteiger partial charge < -0.3 is 10.0 Å². The lowest BCUT2D eigenvalue weighted by atomic mass is 10.1. The van der Waals surface area contributed by atoms with Crippen LogP contribution in [-0.4, -0.2) is 28.6 Å². The van der Waals surface area contributed by atoms with Crippen molar-refractivity contribution in [3.8, 4) is 0 Å². The molecule has 1 aromatic rings. The minimum absolute atomic E-state index is 0.0506. The maximum Gasteiger partial charge on any atom is 0.223 e. The lowest BCUT2D eigenvalue weighted by Gasteiger charge is -2.30. The molecule has 1 amide bonds. The summed E-state index contributed by atoms with van der Waals surface area (Å²) in [6, 6.07) is 6.06. The zero-order valence-electron chi connectivity index (χ0n) is 8.90. The lowest BCUT2D eigenvalue weighted by molar-refractivity contribution is -0.137. The van der Waals surface area contributed by atoms with Crippen molar-refractivity contribution in [2.75, 3.05) is 6.54 Å². The Morgan fingerprint density at radius 2 is 2.06 bits per heavy atom. The number of piperidine rings is 1. The van der Waals surface area contributed by atoms with Gasteiger partial charge in [-0.3, -0.25) is 4.79 Å². The van der Waals surface area contributed by atoms with Crippen LogP contribution in [0.15, 0.2) is 24.3 Å². The van der Waals surface area contributed by atoms with E-state index in [1.807, 2.05) is 0 Å². The molecule has 1 aliphatic heterocycles. The molecule has 16 heavy (non-hydrogen) atoms. The first-order valence-corrected chi connectivity index (χ1v) is 5.35. The van der Waals surface area contributed by atoms with Crippen LogP contribution in [0.25, 0.3) is 0 Å². The summed E-state index contributed by atoms with van der Waals surface area (Å²) >= 11 is 0. The molecule has 0 bridgehead atoms. The van der Waals surface area contributed by atoms with E-state index < -0.39 is 6.10 Å². The van der Waals surface area contributed by atoms with Crippen molar-refractivity contribution in [2.45, 2.75) is 25.5 Å². The molecule has 0 aromatic heterocycles. The van der Waals surface area contributed by atoms with E-state index in [-0.39, 0.29) is 11.7 Å². The van der Waals surface area contributed by atoms with E-state index in [4.69, 9.17) is 0 Å². The molecule has 86 valence electrons. The Morgan fingerprint density at radius 3 is 2.75 bits per heavy atom. The largest absolute Gasteiger partial charge is 0.391 e. The first-order chi connectivity index (χ1) is 7.65. The first kappa shape index (κ1) is 11.1. The molecular formula is C12H14FNO2. The number of carbonyl (C=O) groups is 1. The second kappa shape index (κ2) is 4.61. The number of nitrogens with zero attached hydrogens (tertiary/aromatic N) is 1. The van der Waals surface area contributed by atoms with E-state index in [0.717, 1.165) is 5.56 Å². The van der Waals surface area contributed by atoms with Crippen LogP contribution in [-0.2, 0) is 11.3 Å². The molecule has 0 saturated carbocycles. The summed E-state index contributed by atoms with van der Waals surface area (Å²) in [6.07, 6.45) is 0.499. The van der Waals surface area contributed by atoms with E-state index in [1.165, 1.54) is 12.1 Å². The quantitative estimate of drug-likeness (QED) is 0.821. The summed E-state index contributed by atoms with van der Waals surface area (Å²) in [5.41, 5.74) is 0.879. The predicted octanol–water partition coefficient (Wildman–Crippen LogP) is 1.31. The van der Waals surface area contributed by atoms with Crippen molar-refractivity contribution < 1.29 is 14.3 Å². The van der Waals surface area contributed by atoms with Gasteiger partial charge in [0.2, 0.25) is 5.91 Å². The minimum Gasteiger partial charge on any atom is -0.391 e. The molecule has 3 nitrogen and oxygen atoms in total. The molecule has 1 saturated heterocycles. The number of rotatable bonds is 2. The van der Waals surface area contributed by atoms with Crippen molar-refractivity contribution in [1.82, 2.24) is 4.90 Å². The van der Waals surface area contributed by atoms with E-state index in [1.54, 1.807) is 17.0 Å². The van der Waals surface area contributed by atoms with Gasteiger partial charge in [-0.1, -0.05) is 12.1 Å². The summed E-state index contributed by atoms with van der Waals surface area (Å²) < 4.78 is 12.7. The maximum atomic E-state index is 12.7. The first-order valence-electron chi connectivity index (χ1n) is 5.35. The van der Waals surface area contributed by atoms with Crippen LogP contribution in [0.4, 0.5) is 4.39 Å². The smallest absolute Gasteiger partial charge is 0.223 e. The van der Waals surface area contributed by atoms with Crippen LogP contribution >= 0.6 is 0 Å². The van der Waals surface area contributed by atoms with Gasteiger partial charge in [0.05, 0.1) is 6.10 Å². The number of benzene rings is 1. The third-order valence-electron chi connectivity index (χ3n) is 2.76. The second-order valence-electron chi connectivity index (χ2n) is 4.09. The lowest BCUT2D eigenvalue weighted by Crippen LogP contribution is -2.41. The Labute approximate surface area is 93.5 Å². The fourth-order valence-corrected chi connectivity index (χ4v) is 1.86. The minimum atomic E-state index is -0.432. The van der Waals surface area contributed by atoms with Gasteiger partial charge in [0, 0.05) is 19.5 Å². The van der Waals surface area contributed by atoms with Gasteiger partial charge >= 0.3 is 0 Å². The van der Waals surface area contributed by atoms with E-state index in [2.05, 4.69) is 0 Å². The summed E-state index contributed by atoms with van der Waals surface area (Å²) in [4.78, 5) is 13.2. The number of aliphatic hydroxyl groups is 1. The van der Waals surface area contributed by atoms with Crippen molar-refractivity contribution >= 4 is 5.91 Å². The molecule has 0 spiro atoms. The molecule has 1 aliphatic rings. The highest BCUT2D eigenvalue weighted by atomic mass is 19.1. The van der Waals surface area contributed by atoms with Crippen LogP contribution in [0.5, 0.6) is 0 Å². The van der Waals surface area contributed by atoms with Gasteiger partial charge in [-0.2, -0.15) is 0 Å². The second-order valence-corrected chi connectivity index (χ2v) is 4.09. The molecule has 0 radical (unpaired) electrons. The molecule has 2 rings (SSSR count). The van der Waals surface area contributed by atoms with Gasteiger partial charge in [0.25, 0.3) is 0 Å². The number of aliphatic hydroxyl groups excluding tert-OH is 1. The molecule has 1 heterocycles. The highest BCUT2D eigenvalue weighted by Crippen LogP contribution is 2.15. The fourth-order valence-electron chi connectivity index (χ4n) is 1.86. The number of likely N-dealkylation sites (tertiary alicyclic amines) is 1. The number of β-amino-alcohol motifs (C(OH)–C–C–N with tert-alkyl or cyclic N) is 1. The van der Waals surface area contributed by atoms with Gasteiger partial charge in [0.1, 0.15) is 5.82 Å². The molecule has 1 aromatic carbocycles. The Balaban J connectivity index is 2.02. The molecule has 0 aliphatic carbocycles. The van der Waals surface area contributed by atoms with Crippen molar-refractivity contribution in [3.63, 3.8) is 0 Å². The number of hydrogen-bond donors (Lipinski definition) is 1. The monoisotopic (exact) mass is 223 g/mol. The normalized spacial score (nSPS) is 21.2. The van der Waals surface area contributed by atoms with Crippen LogP contribution in [0.1, 0.15) is 18.4 Å². The summed E-state index contributed by atoms with van der Waals surface area (Å²) in [5.74, 6) is -0.233. The SMILES string of the molecule is O=C1CCC(O)CN1Cc1ccc(F)cc1. The van der Waals surface area contributed by atoms with E-state index in [9.17, 15) is 14.3 Å². The van der Waals surface area contributed by atoms with E-state index >= 15 is 0 Å². The molecule has 1 atom stereocenters. The third kappa shape index (κ3) is 2.58. The number of amides is 1. The van der Waals surface area contributed by atoms with Gasteiger partial charge in [0.15, 0.2) is 0 Å². The van der Waals surface area contributed by atoms with Gasteiger partial charge in [-0.25, -0.2) is 4.39 Å². The Hall–Kier alpha value is -1.42. The zero-order valence-corrected chi connectivity index (χ0v) is 8.90. The average molecular weight is 223 g/mol. The zero-order chi connectivity index (χ0) is 11.5. The van der Waals surface area contributed by atoms with Crippen LogP contribution < -0.4 is 0 Å². The average Bonchev–Trinajstić information content (AvgIpc) is 2.27. The number of hydrogen-bond acceptors (Lipinski definition) is 2. The van der Waals surface area contributed by atoms with Crippen LogP contribution in [0.2, 0.25) is 0 Å². The highest BCUT2D eigenvalue weighted by Gasteiger charge is 2.23. The summed E-state index contributed by atoms with van der Waals surface area (Å²) in [6.45, 7) is 0.812. The van der Waals surface area contributed by atoms with Crippen LogP contribution in [0, 0.1) is 5.82 Å². The van der Waals surface area contributed by atoms with Gasteiger partial charge in [-0.05, 0) is 24.1 Å². The van der Waals surface area contributed by atoms with E-state index in [0.29, 0.717) is 25.9 Å². The Kier molecular flexibility index (Phi) is 3.19. The van der Waals surface area contributed by atoms with Crippen LogP contribution in [0.3, 0.4) is 0 Å². The topological polar surface area (TPSA) is 40.5 Å². The molecule has 4 heteroatoms. The molecule has 1 N–H and O–H groups in total. The fraction of sp³-hybridized carbons (Fsp3) is 0.417. The Bertz CT molecular complexity index is 377. The molecule has 1 fully saturated rings. The number of carbonyl (C=O) groups excluding carboxylic acids is 1. The highest BCUT2D eigenvalue weighted by molar-refractivity contribution is 5.77. The van der Waals surface area contributed by atoms with Crippen molar-refractivity contribution in [3.05, 3.63) is 35.6 Å². The predicted molar refractivity (Wildman–Crippen MR) is 57.1 cm³/mol. The third-order valence-corrected chi connectivity index (χ3v) is 2.76. The molecule has 1 unspecified atom stereocenters. The summed E-state index contributed by atoms with van der Waals surface area (Å²) in [7, 11) is 0. The summed E-state index contributed by atoms with van der Waals surface area (Å²) in [5, 5.41) is 9.47. The van der Waals surface area contributed by atoms with Gasteiger partial charge in [-0.15, -0.1) is 0 Å². The Morgan fingerprint density at radius 1 is 1.38 bits per heavy atom. The number of halogens is 1. The maximum absolute atomic E-state index is 12.7.